The quantitative estimate of drug-likeness (QED) is 0.506. The maximum Gasteiger partial charge on any atom is 0.335 e. The lowest BCUT2D eigenvalue weighted by Gasteiger charge is -2.45. The summed E-state index contributed by atoms with van der Waals surface area (Å²) in [6, 6.07) is 6.61. The van der Waals surface area contributed by atoms with Crippen LogP contribution in [0.5, 0.6) is 0 Å². The predicted octanol–water partition coefficient (Wildman–Crippen LogP) is 3.68. The second-order valence-electron chi connectivity index (χ2n) is 6.91. The van der Waals surface area contributed by atoms with Gasteiger partial charge in [-0.2, -0.15) is 0 Å². The molecule has 0 unspecified atom stereocenters. The summed E-state index contributed by atoms with van der Waals surface area (Å²) in [5.41, 5.74) is 1.05. The first kappa shape index (κ1) is 16.6. The molecular weight excluding hydrogens is 284 g/mol. The minimum absolute atomic E-state index is 0.258. The maximum atomic E-state index is 10.9. The van der Waals surface area contributed by atoms with Gasteiger partial charge in [0, 0.05) is 5.56 Å². The van der Waals surface area contributed by atoms with E-state index in [1.165, 1.54) is 0 Å². The van der Waals surface area contributed by atoms with Crippen LogP contribution in [0.25, 0.3) is 0 Å². The normalized spacial score (nSPS) is 12.1. The van der Waals surface area contributed by atoms with E-state index in [1.54, 1.807) is 24.3 Å². The lowest BCUT2D eigenvalue weighted by molar-refractivity contribution is 0.0697. The lowest BCUT2D eigenvalue weighted by atomic mass is 10.1. The van der Waals surface area contributed by atoms with Crippen molar-refractivity contribution in [1.82, 2.24) is 4.23 Å². The molecule has 1 aromatic carbocycles. The average Bonchev–Trinajstić information content (AvgIpc) is 2.25. The number of amidine groups is 1. The molecule has 2 N–H and O–H groups in total. The van der Waals surface area contributed by atoms with Crippen LogP contribution < -0.4 is 0 Å². The molecule has 0 saturated heterocycles. The third-order valence-electron chi connectivity index (χ3n) is 2.97. The van der Waals surface area contributed by atoms with Gasteiger partial charge in [-0.3, -0.25) is 5.41 Å². The fraction of sp³-hybridized carbons (Fsp3) is 0.429. The first-order valence-corrected chi connectivity index (χ1v) is 13.6. The van der Waals surface area contributed by atoms with Gasteiger partial charge in [0.25, 0.3) is 0 Å². The number of carboxylic acid groups (broad SMARTS) is 1. The van der Waals surface area contributed by atoms with Crippen molar-refractivity contribution in [3.05, 3.63) is 35.4 Å². The molecule has 0 bridgehead atoms. The van der Waals surface area contributed by atoms with E-state index in [9.17, 15) is 4.79 Å². The molecule has 0 atom stereocenters. The molecule has 0 spiro atoms. The second kappa shape index (κ2) is 5.53. The molecule has 4 nitrogen and oxygen atoms in total. The number of carbonyl (C=O) groups is 1. The Labute approximate surface area is 123 Å². The number of nitrogens with zero attached hydrogens (tertiary/aromatic N) is 1. The van der Waals surface area contributed by atoms with Crippen molar-refractivity contribution in [2.24, 2.45) is 0 Å². The molecule has 0 saturated carbocycles. The van der Waals surface area contributed by atoms with Gasteiger partial charge in [-0.05, 0) is 12.1 Å². The van der Waals surface area contributed by atoms with Gasteiger partial charge in [-0.25, -0.2) is 4.79 Å². The first-order valence-electron chi connectivity index (χ1n) is 6.67. The van der Waals surface area contributed by atoms with E-state index in [4.69, 9.17) is 10.5 Å². The number of hydrogen-bond acceptors (Lipinski definition) is 2. The Bertz CT molecular complexity index is 499. The van der Waals surface area contributed by atoms with Crippen molar-refractivity contribution >= 4 is 28.3 Å². The Morgan fingerprint density at radius 1 is 0.950 bits per heavy atom. The highest BCUT2D eigenvalue weighted by Crippen LogP contribution is 2.23. The van der Waals surface area contributed by atoms with Crippen LogP contribution in [0.2, 0.25) is 39.3 Å². The van der Waals surface area contributed by atoms with E-state index in [1.807, 2.05) is 0 Å². The van der Waals surface area contributed by atoms with Gasteiger partial charge in [0.05, 0.1) is 5.56 Å². The molecule has 0 aliphatic carbocycles. The van der Waals surface area contributed by atoms with Crippen LogP contribution in [0.3, 0.4) is 0 Å². The summed E-state index contributed by atoms with van der Waals surface area (Å²) in [6.45, 7) is 13.4. The molecule has 1 aromatic rings. The predicted molar refractivity (Wildman–Crippen MR) is 88.8 cm³/mol. The summed E-state index contributed by atoms with van der Waals surface area (Å²) >= 11 is 0. The number of nitrogens with one attached hydrogen (secondary N) is 1. The minimum atomic E-state index is -1.65. The molecule has 20 heavy (non-hydrogen) atoms. The topological polar surface area (TPSA) is 64.4 Å². The van der Waals surface area contributed by atoms with Crippen molar-refractivity contribution in [1.29, 1.82) is 5.41 Å². The van der Waals surface area contributed by atoms with Crippen molar-refractivity contribution < 1.29 is 9.90 Å². The zero-order valence-electron chi connectivity index (χ0n) is 13.1. The van der Waals surface area contributed by atoms with E-state index >= 15 is 0 Å². The average molecular weight is 309 g/mol. The molecule has 110 valence electrons. The van der Waals surface area contributed by atoms with Gasteiger partial charge < -0.3 is 9.34 Å². The summed E-state index contributed by atoms with van der Waals surface area (Å²) in [6.07, 6.45) is 0. The van der Waals surface area contributed by atoms with Gasteiger partial charge in [0.15, 0.2) is 0 Å². The molecular formula is C14H24N2O2Si2. The van der Waals surface area contributed by atoms with E-state index in [0.29, 0.717) is 5.84 Å². The zero-order chi connectivity index (χ0) is 15.7. The Balaban J connectivity index is 3.17. The SMILES string of the molecule is C[Si](C)(C)N(C(=N)c1ccc(C(=O)O)cc1)[Si](C)(C)C. The van der Waals surface area contributed by atoms with Crippen molar-refractivity contribution in [2.75, 3.05) is 0 Å². The summed E-state index contributed by atoms with van der Waals surface area (Å²) in [5.74, 6) is -0.407. The standard InChI is InChI=1S/C14H24N2O2Si2/c1-19(2,3)16(20(4,5)6)13(15)11-7-9-12(10-8-11)14(17)18/h7-10,15H,1-6H3,(H,17,18). The van der Waals surface area contributed by atoms with E-state index in [-0.39, 0.29) is 5.56 Å². The first-order chi connectivity index (χ1) is 8.94. The lowest BCUT2D eigenvalue weighted by Crippen LogP contribution is -2.61. The third-order valence-corrected chi connectivity index (χ3v) is 10.1. The van der Waals surface area contributed by atoms with Crippen LogP contribution >= 0.6 is 0 Å². The third kappa shape index (κ3) is 3.80. The summed E-state index contributed by atoms with van der Waals surface area (Å²) < 4.78 is 2.32. The Morgan fingerprint density at radius 2 is 1.30 bits per heavy atom. The molecule has 0 aliphatic rings. The van der Waals surface area contributed by atoms with Crippen molar-refractivity contribution in [3.63, 3.8) is 0 Å². The van der Waals surface area contributed by atoms with Gasteiger partial charge in [0.2, 0.25) is 0 Å². The van der Waals surface area contributed by atoms with E-state index in [0.717, 1.165) is 5.56 Å². The van der Waals surface area contributed by atoms with Crippen LogP contribution in [-0.2, 0) is 0 Å². The summed E-state index contributed by atoms with van der Waals surface area (Å²) in [7, 11) is -3.30. The smallest absolute Gasteiger partial charge is 0.335 e. The number of hydrogen-bond donors (Lipinski definition) is 2. The fourth-order valence-electron chi connectivity index (χ4n) is 2.58. The molecule has 0 aliphatic heterocycles. The van der Waals surface area contributed by atoms with Crippen LogP contribution in [0.15, 0.2) is 24.3 Å². The van der Waals surface area contributed by atoms with Crippen LogP contribution in [0, 0.1) is 5.41 Å². The monoisotopic (exact) mass is 308 g/mol. The van der Waals surface area contributed by atoms with Gasteiger partial charge >= 0.3 is 5.97 Å². The fourth-order valence-corrected chi connectivity index (χ4v) is 12.2. The van der Waals surface area contributed by atoms with Crippen LogP contribution in [0.1, 0.15) is 15.9 Å². The molecule has 0 aromatic heterocycles. The van der Waals surface area contributed by atoms with Gasteiger partial charge in [-0.15, -0.1) is 0 Å². The molecule has 6 heteroatoms. The Morgan fingerprint density at radius 3 is 1.60 bits per heavy atom. The maximum absolute atomic E-state index is 10.9. The minimum Gasteiger partial charge on any atom is -0.478 e. The Kier molecular flexibility index (Phi) is 4.60. The van der Waals surface area contributed by atoms with Gasteiger partial charge in [-0.1, -0.05) is 51.4 Å². The van der Waals surface area contributed by atoms with E-state index in [2.05, 4.69) is 43.5 Å². The molecule has 0 radical (unpaired) electrons. The largest absolute Gasteiger partial charge is 0.478 e. The number of benzene rings is 1. The number of carboxylic acids is 1. The summed E-state index contributed by atoms with van der Waals surface area (Å²) in [5, 5.41) is 17.5. The molecule has 1 rings (SSSR count). The summed E-state index contributed by atoms with van der Waals surface area (Å²) in [4.78, 5) is 10.9. The highest BCUT2D eigenvalue weighted by molar-refractivity contribution is 6.92. The molecule has 0 fully saturated rings. The highest BCUT2D eigenvalue weighted by atomic mass is 28.4. The highest BCUT2D eigenvalue weighted by Gasteiger charge is 2.36. The van der Waals surface area contributed by atoms with Crippen LogP contribution in [0.4, 0.5) is 0 Å². The van der Waals surface area contributed by atoms with Gasteiger partial charge in [0.1, 0.15) is 22.3 Å². The van der Waals surface area contributed by atoms with Crippen molar-refractivity contribution in [2.45, 2.75) is 39.3 Å². The Hall–Kier alpha value is -1.41. The second-order valence-corrected chi connectivity index (χ2v) is 16.9. The molecule has 0 amide bonds. The van der Waals surface area contributed by atoms with E-state index < -0.39 is 22.4 Å². The van der Waals surface area contributed by atoms with Crippen molar-refractivity contribution in [3.8, 4) is 0 Å². The zero-order valence-corrected chi connectivity index (χ0v) is 15.1. The molecule has 0 heterocycles. The van der Waals surface area contributed by atoms with Crippen LogP contribution in [-0.4, -0.2) is 37.6 Å². The number of aromatic carboxylic acids is 1. The number of rotatable bonds is 4.